The lowest BCUT2D eigenvalue weighted by molar-refractivity contribution is 0.324. The normalized spacial score (nSPS) is 9.25. The molecule has 0 radical (unpaired) electrons. The molecule has 0 saturated heterocycles. The molecule has 0 aliphatic carbocycles. The molecule has 2 rings (SSSR count). The van der Waals surface area contributed by atoms with E-state index in [0.29, 0.717) is 17.2 Å². The Bertz CT molecular complexity index is 505. The molecule has 20 heavy (non-hydrogen) atoms. The topological polar surface area (TPSA) is 27.7 Å². The van der Waals surface area contributed by atoms with Crippen LogP contribution in [0.15, 0.2) is 51.4 Å². The van der Waals surface area contributed by atoms with Gasteiger partial charge in [0.15, 0.2) is 11.5 Å². The highest BCUT2D eigenvalue weighted by molar-refractivity contribution is 9.11. The molecule has 0 bridgehead atoms. The predicted molar refractivity (Wildman–Crippen MR) is 87.9 cm³/mol. The number of rotatable bonds is 3. The number of benzene rings is 2. The molecule has 3 nitrogen and oxygen atoms in total. The van der Waals surface area contributed by atoms with Gasteiger partial charge in [-0.2, -0.15) is 0 Å². The lowest BCUT2D eigenvalue weighted by Crippen LogP contribution is -1.93. The molecule has 0 spiro atoms. The first kappa shape index (κ1) is 16.9. The summed E-state index contributed by atoms with van der Waals surface area (Å²) < 4.78 is 17.5. The monoisotopic (exact) mass is 402 g/mol. The largest absolute Gasteiger partial charge is 0.493 e. The minimum Gasteiger partial charge on any atom is -0.493 e. The first-order valence-corrected chi connectivity index (χ1v) is 7.37. The summed E-state index contributed by atoms with van der Waals surface area (Å²) in [5.74, 6) is 1.98. The molecule has 0 aliphatic rings. The number of methoxy groups -OCH3 is 3. The van der Waals surface area contributed by atoms with E-state index in [0.717, 1.165) is 8.95 Å². The second-order valence-corrected chi connectivity index (χ2v) is 5.47. The van der Waals surface area contributed by atoms with Gasteiger partial charge in [-0.1, -0.05) is 44.0 Å². The maximum atomic E-state index is 5.11. The van der Waals surface area contributed by atoms with E-state index < -0.39 is 0 Å². The summed E-state index contributed by atoms with van der Waals surface area (Å²) in [6, 6.07) is 13.5. The predicted octanol–water partition coefficient (Wildman–Crippen LogP) is 4.92. The minimum atomic E-state index is 0.627. The molecule has 2 aromatic carbocycles. The quantitative estimate of drug-likeness (QED) is 0.727. The third-order valence-corrected chi connectivity index (χ3v) is 3.36. The summed E-state index contributed by atoms with van der Waals surface area (Å²) in [4.78, 5) is 0. The Kier molecular flexibility index (Phi) is 7.47. The van der Waals surface area contributed by atoms with Gasteiger partial charge in [0, 0.05) is 8.95 Å². The molecule has 0 heterocycles. The van der Waals surface area contributed by atoms with Gasteiger partial charge in [0.25, 0.3) is 0 Å². The number of para-hydroxylation sites is 1. The first-order valence-electron chi connectivity index (χ1n) is 5.78. The molecule has 0 unspecified atom stereocenters. The van der Waals surface area contributed by atoms with Crippen LogP contribution in [-0.2, 0) is 0 Å². The fraction of sp³-hybridized carbons (Fsp3) is 0.200. The Balaban J connectivity index is 0.000000217. The van der Waals surface area contributed by atoms with Gasteiger partial charge in [0.05, 0.1) is 21.3 Å². The Morgan fingerprint density at radius 1 is 0.700 bits per heavy atom. The Morgan fingerprint density at radius 3 is 1.45 bits per heavy atom. The maximum absolute atomic E-state index is 5.11. The van der Waals surface area contributed by atoms with Crippen molar-refractivity contribution in [3.63, 3.8) is 0 Å². The highest BCUT2D eigenvalue weighted by atomic mass is 79.9. The second kappa shape index (κ2) is 8.87. The van der Waals surface area contributed by atoms with Crippen molar-refractivity contribution in [2.45, 2.75) is 0 Å². The summed E-state index contributed by atoms with van der Waals surface area (Å²) in [5, 5.41) is 0. The average molecular weight is 404 g/mol. The molecule has 108 valence electrons. The summed E-state index contributed by atoms with van der Waals surface area (Å²) in [6.45, 7) is 0. The molecule has 0 atom stereocenters. The molecule has 0 amide bonds. The molecular formula is C15H16Br2O3. The van der Waals surface area contributed by atoms with Crippen molar-refractivity contribution in [1.82, 2.24) is 0 Å². The van der Waals surface area contributed by atoms with E-state index in [-0.39, 0.29) is 0 Å². The minimum absolute atomic E-state index is 0.627. The van der Waals surface area contributed by atoms with E-state index in [1.54, 1.807) is 21.3 Å². The first-order chi connectivity index (χ1) is 9.62. The second-order valence-electron chi connectivity index (χ2n) is 3.64. The van der Waals surface area contributed by atoms with Gasteiger partial charge in [-0.25, -0.2) is 0 Å². The van der Waals surface area contributed by atoms with Crippen molar-refractivity contribution in [3.8, 4) is 17.2 Å². The van der Waals surface area contributed by atoms with Crippen molar-refractivity contribution in [2.24, 2.45) is 0 Å². The molecule has 0 aromatic heterocycles. The van der Waals surface area contributed by atoms with Crippen LogP contribution in [0.2, 0.25) is 0 Å². The van der Waals surface area contributed by atoms with Crippen molar-refractivity contribution in [2.75, 3.05) is 21.3 Å². The standard InChI is InChI=1S/C9H12O3.C6H4Br2/c1-10-7-5-4-6-8(11-2)9(7)12-3;7-5-2-1-3-6(8)4-5/h4-6H,1-3H3;1-4H. The number of ether oxygens (including phenoxy) is 3. The van der Waals surface area contributed by atoms with E-state index in [1.807, 2.05) is 42.5 Å². The van der Waals surface area contributed by atoms with Gasteiger partial charge in [-0.3, -0.25) is 0 Å². The molecule has 0 aliphatic heterocycles. The third-order valence-electron chi connectivity index (χ3n) is 2.37. The molecule has 0 saturated carbocycles. The van der Waals surface area contributed by atoms with Gasteiger partial charge in [-0.15, -0.1) is 0 Å². The summed E-state index contributed by atoms with van der Waals surface area (Å²) >= 11 is 6.66. The van der Waals surface area contributed by atoms with E-state index in [2.05, 4.69) is 31.9 Å². The van der Waals surface area contributed by atoms with Crippen molar-refractivity contribution >= 4 is 31.9 Å². The van der Waals surface area contributed by atoms with Gasteiger partial charge in [-0.05, 0) is 30.3 Å². The van der Waals surface area contributed by atoms with Crippen LogP contribution in [0.4, 0.5) is 0 Å². The van der Waals surface area contributed by atoms with Crippen LogP contribution in [0.5, 0.6) is 17.2 Å². The third kappa shape index (κ3) is 5.06. The van der Waals surface area contributed by atoms with Gasteiger partial charge in [0.1, 0.15) is 0 Å². The van der Waals surface area contributed by atoms with Crippen LogP contribution in [0.25, 0.3) is 0 Å². The van der Waals surface area contributed by atoms with Crippen LogP contribution in [0.3, 0.4) is 0 Å². The zero-order chi connectivity index (χ0) is 15.0. The van der Waals surface area contributed by atoms with Crippen LogP contribution in [0, 0.1) is 0 Å². The Labute approximate surface area is 136 Å². The molecular weight excluding hydrogens is 388 g/mol. The van der Waals surface area contributed by atoms with Gasteiger partial charge < -0.3 is 14.2 Å². The zero-order valence-corrected chi connectivity index (χ0v) is 14.7. The smallest absolute Gasteiger partial charge is 0.203 e. The Morgan fingerprint density at radius 2 is 1.15 bits per heavy atom. The Hall–Kier alpha value is -1.20. The van der Waals surface area contributed by atoms with Crippen LogP contribution in [0.1, 0.15) is 0 Å². The van der Waals surface area contributed by atoms with E-state index in [9.17, 15) is 0 Å². The van der Waals surface area contributed by atoms with Crippen molar-refractivity contribution in [3.05, 3.63) is 51.4 Å². The number of halogens is 2. The van der Waals surface area contributed by atoms with E-state index in [1.165, 1.54) is 0 Å². The fourth-order valence-corrected chi connectivity index (χ4v) is 2.58. The van der Waals surface area contributed by atoms with E-state index in [4.69, 9.17) is 14.2 Å². The average Bonchev–Trinajstić information content (AvgIpc) is 2.46. The molecule has 0 N–H and O–H groups in total. The van der Waals surface area contributed by atoms with Gasteiger partial charge in [0.2, 0.25) is 5.75 Å². The number of hydrogen-bond acceptors (Lipinski definition) is 3. The number of hydrogen-bond donors (Lipinski definition) is 0. The fourth-order valence-electron chi connectivity index (χ4n) is 1.48. The highest BCUT2D eigenvalue weighted by Crippen LogP contribution is 2.35. The maximum Gasteiger partial charge on any atom is 0.203 e. The van der Waals surface area contributed by atoms with Crippen molar-refractivity contribution in [1.29, 1.82) is 0 Å². The van der Waals surface area contributed by atoms with Crippen molar-refractivity contribution < 1.29 is 14.2 Å². The van der Waals surface area contributed by atoms with Gasteiger partial charge >= 0.3 is 0 Å². The van der Waals surface area contributed by atoms with Crippen LogP contribution in [-0.4, -0.2) is 21.3 Å². The summed E-state index contributed by atoms with van der Waals surface area (Å²) in [5.41, 5.74) is 0. The molecule has 2 aromatic rings. The lowest BCUT2D eigenvalue weighted by Gasteiger charge is -2.10. The zero-order valence-electron chi connectivity index (χ0n) is 11.5. The summed E-state index contributed by atoms with van der Waals surface area (Å²) in [7, 11) is 4.77. The molecule has 0 fully saturated rings. The van der Waals surface area contributed by atoms with Crippen LogP contribution < -0.4 is 14.2 Å². The lowest BCUT2D eigenvalue weighted by atomic mass is 10.3. The molecule has 5 heteroatoms. The SMILES string of the molecule is Brc1cccc(Br)c1.COc1cccc(OC)c1OC. The summed E-state index contributed by atoms with van der Waals surface area (Å²) in [6.07, 6.45) is 0. The van der Waals surface area contributed by atoms with Crippen LogP contribution >= 0.6 is 31.9 Å². The van der Waals surface area contributed by atoms with E-state index >= 15 is 0 Å². The highest BCUT2D eigenvalue weighted by Gasteiger charge is 2.08.